The van der Waals surface area contributed by atoms with E-state index in [9.17, 15) is 4.79 Å². The number of carbonyl (C=O) groups excluding carboxylic acids is 1. The number of anilines is 1. The third-order valence-corrected chi connectivity index (χ3v) is 4.21. The van der Waals surface area contributed by atoms with Crippen molar-refractivity contribution in [2.24, 2.45) is 14.1 Å². The SMILES string of the molecule is Cn1cc(-c2nnc(SCC(=O)Nc3ccccc3)n2C)cn1. The first-order valence-corrected chi connectivity index (χ1v) is 7.98. The van der Waals surface area contributed by atoms with Gasteiger partial charge in [0.2, 0.25) is 5.91 Å². The summed E-state index contributed by atoms with van der Waals surface area (Å²) in [6.07, 6.45) is 3.61. The number of para-hydroxylation sites is 1. The van der Waals surface area contributed by atoms with Crippen molar-refractivity contribution in [3.05, 3.63) is 42.7 Å². The maximum Gasteiger partial charge on any atom is 0.234 e. The number of carbonyl (C=O) groups is 1. The first-order valence-electron chi connectivity index (χ1n) is 6.99. The Hall–Kier alpha value is -2.61. The molecular weight excluding hydrogens is 312 g/mol. The zero-order valence-electron chi connectivity index (χ0n) is 12.8. The fraction of sp³-hybridized carbons (Fsp3) is 0.200. The van der Waals surface area contributed by atoms with E-state index >= 15 is 0 Å². The van der Waals surface area contributed by atoms with Crippen LogP contribution in [-0.4, -0.2) is 36.2 Å². The van der Waals surface area contributed by atoms with Crippen molar-refractivity contribution in [2.45, 2.75) is 5.16 Å². The van der Waals surface area contributed by atoms with Gasteiger partial charge < -0.3 is 9.88 Å². The topological polar surface area (TPSA) is 77.6 Å². The molecule has 0 saturated carbocycles. The van der Waals surface area contributed by atoms with Crippen LogP contribution in [0.2, 0.25) is 0 Å². The Bertz CT molecular complexity index is 810. The second-order valence-corrected chi connectivity index (χ2v) is 5.91. The van der Waals surface area contributed by atoms with Gasteiger partial charge in [0.05, 0.1) is 17.5 Å². The highest BCUT2D eigenvalue weighted by Gasteiger charge is 2.14. The van der Waals surface area contributed by atoms with Crippen LogP contribution in [0.15, 0.2) is 47.9 Å². The molecule has 2 heterocycles. The van der Waals surface area contributed by atoms with Crippen molar-refractivity contribution in [3.63, 3.8) is 0 Å². The van der Waals surface area contributed by atoms with Crippen LogP contribution in [0.25, 0.3) is 11.4 Å². The highest BCUT2D eigenvalue weighted by Crippen LogP contribution is 2.22. The summed E-state index contributed by atoms with van der Waals surface area (Å²) in [5.74, 6) is 0.921. The van der Waals surface area contributed by atoms with E-state index in [4.69, 9.17) is 0 Å². The average Bonchev–Trinajstić information content (AvgIpc) is 3.12. The summed E-state index contributed by atoms with van der Waals surface area (Å²) in [6, 6.07) is 9.37. The van der Waals surface area contributed by atoms with Crippen LogP contribution >= 0.6 is 11.8 Å². The van der Waals surface area contributed by atoms with Crippen molar-refractivity contribution in [1.82, 2.24) is 24.5 Å². The van der Waals surface area contributed by atoms with E-state index in [-0.39, 0.29) is 11.7 Å². The van der Waals surface area contributed by atoms with Gasteiger partial charge in [-0.15, -0.1) is 10.2 Å². The van der Waals surface area contributed by atoms with Crippen LogP contribution in [0.4, 0.5) is 5.69 Å². The van der Waals surface area contributed by atoms with E-state index in [1.54, 1.807) is 10.9 Å². The van der Waals surface area contributed by atoms with Crippen LogP contribution in [0, 0.1) is 0 Å². The molecule has 23 heavy (non-hydrogen) atoms. The van der Waals surface area contributed by atoms with Crippen LogP contribution in [0.5, 0.6) is 0 Å². The summed E-state index contributed by atoms with van der Waals surface area (Å²) in [6.45, 7) is 0. The zero-order valence-corrected chi connectivity index (χ0v) is 13.6. The third kappa shape index (κ3) is 3.59. The predicted octanol–water partition coefficient (Wildman–Crippen LogP) is 1.95. The molecule has 0 radical (unpaired) electrons. The summed E-state index contributed by atoms with van der Waals surface area (Å²) in [5.41, 5.74) is 1.68. The predicted molar refractivity (Wildman–Crippen MR) is 89.0 cm³/mol. The minimum absolute atomic E-state index is 0.0767. The second-order valence-electron chi connectivity index (χ2n) is 4.97. The lowest BCUT2D eigenvalue weighted by molar-refractivity contribution is -0.113. The molecule has 3 aromatic rings. The van der Waals surface area contributed by atoms with E-state index in [0.29, 0.717) is 5.16 Å². The van der Waals surface area contributed by atoms with Crippen LogP contribution in [0.1, 0.15) is 0 Å². The van der Waals surface area contributed by atoms with Gasteiger partial charge >= 0.3 is 0 Å². The van der Waals surface area contributed by atoms with Gasteiger partial charge in [-0.1, -0.05) is 30.0 Å². The third-order valence-electron chi connectivity index (χ3n) is 3.19. The molecular formula is C15H16N6OS. The molecule has 7 nitrogen and oxygen atoms in total. The number of rotatable bonds is 5. The van der Waals surface area contributed by atoms with E-state index in [2.05, 4.69) is 20.6 Å². The number of nitrogens with one attached hydrogen (secondary N) is 1. The summed E-state index contributed by atoms with van der Waals surface area (Å²) in [4.78, 5) is 12.0. The highest BCUT2D eigenvalue weighted by atomic mass is 32.2. The van der Waals surface area contributed by atoms with Gasteiger partial charge in [0.25, 0.3) is 0 Å². The number of thioether (sulfide) groups is 1. The molecule has 1 amide bonds. The molecule has 1 N–H and O–H groups in total. The van der Waals surface area contributed by atoms with Crippen LogP contribution in [0.3, 0.4) is 0 Å². The normalized spacial score (nSPS) is 10.7. The quantitative estimate of drug-likeness (QED) is 0.724. The fourth-order valence-electron chi connectivity index (χ4n) is 2.08. The lowest BCUT2D eigenvalue weighted by Crippen LogP contribution is -2.14. The Morgan fingerprint density at radius 2 is 2.00 bits per heavy atom. The van der Waals surface area contributed by atoms with Crippen molar-refractivity contribution in [3.8, 4) is 11.4 Å². The Balaban J connectivity index is 1.63. The molecule has 0 aliphatic rings. The van der Waals surface area contributed by atoms with Crippen LogP contribution in [-0.2, 0) is 18.9 Å². The van der Waals surface area contributed by atoms with Gasteiger partial charge in [-0.2, -0.15) is 5.10 Å². The van der Waals surface area contributed by atoms with Crippen molar-refractivity contribution < 1.29 is 4.79 Å². The van der Waals surface area contributed by atoms with Gasteiger partial charge in [-0.3, -0.25) is 9.48 Å². The van der Waals surface area contributed by atoms with Gasteiger partial charge in [-0.25, -0.2) is 0 Å². The standard InChI is InChI=1S/C15H16N6OS/c1-20-9-11(8-16-20)14-18-19-15(21(14)2)23-10-13(22)17-12-6-4-3-5-7-12/h3-9H,10H2,1-2H3,(H,17,22). The maximum atomic E-state index is 12.0. The van der Waals surface area contributed by atoms with E-state index in [1.807, 2.05) is 55.2 Å². The Kier molecular flexibility index (Phi) is 4.42. The Labute approximate surface area is 137 Å². The van der Waals surface area contributed by atoms with Crippen molar-refractivity contribution in [1.29, 1.82) is 0 Å². The lowest BCUT2D eigenvalue weighted by Gasteiger charge is -2.05. The summed E-state index contributed by atoms with van der Waals surface area (Å²) < 4.78 is 3.57. The van der Waals surface area contributed by atoms with Gasteiger partial charge in [-0.05, 0) is 12.1 Å². The molecule has 118 valence electrons. The van der Waals surface area contributed by atoms with Crippen molar-refractivity contribution >= 4 is 23.4 Å². The smallest absolute Gasteiger partial charge is 0.234 e. The number of hydrogen-bond donors (Lipinski definition) is 1. The number of aryl methyl sites for hydroxylation is 1. The number of amides is 1. The summed E-state index contributed by atoms with van der Waals surface area (Å²) in [7, 11) is 3.73. The van der Waals surface area contributed by atoms with Crippen molar-refractivity contribution in [2.75, 3.05) is 11.1 Å². The first kappa shape index (κ1) is 15.3. The maximum absolute atomic E-state index is 12.0. The molecule has 0 unspecified atom stereocenters. The molecule has 1 aromatic carbocycles. The van der Waals surface area contributed by atoms with Gasteiger partial charge in [0.15, 0.2) is 11.0 Å². The second kappa shape index (κ2) is 6.66. The molecule has 0 aliphatic heterocycles. The molecule has 0 fully saturated rings. The number of benzene rings is 1. The zero-order chi connectivity index (χ0) is 16.2. The van der Waals surface area contributed by atoms with Gasteiger partial charge in [0.1, 0.15) is 0 Å². The highest BCUT2D eigenvalue weighted by molar-refractivity contribution is 7.99. The number of aromatic nitrogens is 5. The molecule has 0 spiro atoms. The largest absolute Gasteiger partial charge is 0.325 e. The number of hydrogen-bond acceptors (Lipinski definition) is 5. The molecule has 0 bridgehead atoms. The van der Waals surface area contributed by atoms with Gasteiger partial charge in [0, 0.05) is 26.0 Å². The minimum atomic E-state index is -0.0767. The molecule has 0 atom stereocenters. The molecule has 8 heteroatoms. The van der Waals surface area contributed by atoms with E-state index in [1.165, 1.54) is 11.8 Å². The Morgan fingerprint density at radius 3 is 2.70 bits per heavy atom. The average molecular weight is 328 g/mol. The molecule has 0 aliphatic carbocycles. The van der Waals surface area contributed by atoms with E-state index in [0.717, 1.165) is 17.1 Å². The van der Waals surface area contributed by atoms with E-state index < -0.39 is 0 Å². The van der Waals surface area contributed by atoms with Crippen LogP contribution < -0.4 is 5.32 Å². The lowest BCUT2D eigenvalue weighted by atomic mass is 10.3. The molecule has 3 rings (SSSR count). The Morgan fingerprint density at radius 1 is 1.22 bits per heavy atom. The first-order chi connectivity index (χ1) is 11.1. The summed E-state index contributed by atoms with van der Waals surface area (Å²) in [5, 5.41) is 16.0. The fourth-order valence-corrected chi connectivity index (χ4v) is 2.79. The molecule has 0 saturated heterocycles. The summed E-state index contributed by atoms with van der Waals surface area (Å²) >= 11 is 1.35. The minimum Gasteiger partial charge on any atom is -0.325 e. The number of nitrogens with zero attached hydrogens (tertiary/aromatic N) is 5. The molecule has 2 aromatic heterocycles. The monoisotopic (exact) mass is 328 g/mol.